The predicted octanol–water partition coefficient (Wildman–Crippen LogP) is 6.14. The molecule has 1 atom stereocenters. The molecule has 3 aromatic carbocycles. The summed E-state index contributed by atoms with van der Waals surface area (Å²) in [7, 11) is 0. The van der Waals surface area contributed by atoms with Gasteiger partial charge >= 0.3 is 0 Å². The largest absolute Gasteiger partial charge is 0.322 e. The summed E-state index contributed by atoms with van der Waals surface area (Å²) >= 11 is 6.11. The van der Waals surface area contributed by atoms with Crippen molar-refractivity contribution in [1.29, 1.82) is 0 Å². The molecule has 3 aromatic rings. The Labute approximate surface area is 171 Å². The van der Waals surface area contributed by atoms with Crippen molar-refractivity contribution < 1.29 is 4.79 Å². The van der Waals surface area contributed by atoms with Crippen LogP contribution in [0.5, 0.6) is 0 Å². The summed E-state index contributed by atoms with van der Waals surface area (Å²) in [6.07, 6.45) is 1.01. The second-order valence-corrected chi connectivity index (χ2v) is 7.29. The molecule has 0 spiro atoms. The van der Waals surface area contributed by atoms with Crippen LogP contribution in [0.25, 0.3) is 0 Å². The standard InChI is InChI=1S/C24H25ClN2O/c1-3-23(19-13-11-17(2)12-14-19)26-16-18-7-6-8-20(15-18)27-24(28)21-9-4-5-10-22(21)25/h4-15,23,26H,3,16H2,1-2H3,(H,27,28)/t23-/m0/s1. The molecular formula is C24H25ClN2O. The Morgan fingerprint density at radius 3 is 2.46 bits per heavy atom. The van der Waals surface area contributed by atoms with E-state index in [1.165, 1.54) is 11.1 Å². The molecule has 0 heterocycles. The minimum Gasteiger partial charge on any atom is -0.322 e. The molecule has 3 nitrogen and oxygen atoms in total. The first-order valence-electron chi connectivity index (χ1n) is 9.51. The molecule has 0 saturated carbocycles. The maximum absolute atomic E-state index is 12.5. The lowest BCUT2D eigenvalue weighted by molar-refractivity contribution is 0.102. The van der Waals surface area contributed by atoms with Crippen molar-refractivity contribution in [1.82, 2.24) is 5.32 Å². The van der Waals surface area contributed by atoms with Crippen molar-refractivity contribution in [3.05, 3.63) is 100 Å². The Balaban J connectivity index is 1.65. The molecule has 1 amide bonds. The van der Waals surface area contributed by atoms with Crippen LogP contribution in [-0.4, -0.2) is 5.91 Å². The molecule has 0 aliphatic rings. The fourth-order valence-corrected chi connectivity index (χ4v) is 3.36. The van der Waals surface area contributed by atoms with Gasteiger partial charge in [-0.2, -0.15) is 0 Å². The zero-order valence-electron chi connectivity index (χ0n) is 16.2. The van der Waals surface area contributed by atoms with Gasteiger partial charge in [0.05, 0.1) is 10.6 Å². The Kier molecular flexibility index (Phi) is 6.85. The first-order chi connectivity index (χ1) is 13.6. The fourth-order valence-electron chi connectivity index (χ4n) is 3.14. The van der Waals surface area contributed by atoms with Crippen molar-refractivity contribution in [3.8, 4) is 0 Å². The van der Waals surface area contributed by atoms with Gasteiger partial charge in [0, 0.05) is 18.3 Å². The van der Waals surface area contributed by atoms with E-state index in [1.807, 2.05) is 24.3 Å². The Bertz CT molecular complexity index is 937. The number of anilines is 1. The van der Waals surface area contributed by atoms with E-state index in [4.69, 9.17) is 11.6 Å². The molecule has 0 aliphatic heterocycles. The van der Waals surface area contributed by atoms with E-state index in [1.54, 1.807) is 18.2 Å². The normalized spacial score (nSPS) is 11.8. The van der Waals surface area contributed by atoms with Crippen molar-refractivity contribution in [2.75, 3.05) is 5.32 Å². The van der Waals surface area contributed by atoms with Crippen molar-refractivity contribution in [2.45, 2.75) is 32.9 Å². The van der Waals surface area contributed by atoms with Crippen LogP contribution >= 0.6 is 11.6 Å². The number of amides is 1. The Morgan fingerprint density at radius 1 is 1.00 bits per heavy atom. The van der Waals surface area contributed by atoms with Gasteiger partial charge in [-0.3, -0.25) is 4.79 Å². The molecule has 3 rings (SSSR count). The highest BCUT2D eigenvalue weighted by atomic mass is 35.5. The van der Waals surface area contributed by atoms with Crippen molar-refractivity contribution in [3.63, 3.8) is 0 Å². The van der Waals surface area contributed by atoms with Gasteiger partial charge in [-0.05, 0) is 48.7 Å². The van der Waals surface area contributed by atoms with Gasteiger partial charge in [0.15, 0.2) is 0 Å². The molecule has 2 N–H and O–H groups in total. The van der Waals surface area contributed by atoms with E-state index in [9.17, 15) is 4.79 Å². The smallest absolute Gasteiger partial charge is 0.257 e. The van der Waals surface area contributed by atoms with Gasteiger partial charge in [-0.25, -0.2) is 0 Å². The average Bonchev–Trinajstić information content (AvgIpc) is 2.70. The van der Waals surface area contributed by atoms with E-state index in [2.05, 4.69) is 54.8 Å². The molecule has 0 fully saturated rings. The number of rotatable bonds is 7. The van der Waals surface area contributed by atoms with Crippen LogP contribution < -0.4 is 10.6 Å². The number of carbonyl (C=O) groups is 1. The van der Waals surface area contributed by atoms with E-state index in [0.29, 0.717) is 16.6 Å². The van der Waals surface area contributed by atoms with Crippen LogP contribution in [0.4, 0.5) is 5.69 Å². The summed E-state index contributed by atoms with van der Waals surface area (Å²) in [4.78, 5) is 12.5. The third kappa shape index (κ3) is 5.22. The molecule has 0 bridgehead atoms. The fraction of sp³-hybridized carbons (Fsp3) is 0.208. The van der Waals surface area contributed by atoms with Gasteiger partial charge < -0.3 is 10.6 Å². The van der Waals surface area contributed by atoms with E-state index >= 15 is 0 Å². The van der Waals surface area contributed by atoms with Crippen LogP contribution in [-0.2, 0) is 6.54 Å². The number of carbonyl (C=O) groups excluding carboxylic acids is 1. The minimum absolute atomic E-state index is 0.207. The lowest BCUT2D eigenvalue weighted by Crippen LogP contribution is -2.20. The summed E-state index contributed by atoms with van der Waals surface area (Å²) in [5, 5.41) is 6.98. The summed E-state index contributed by atoms with van der Waals surface area (Å²) < 4.78 is 0. The Hall–Kier alpha value is -2.62. The summed E-state index contributed by atoms with van der Waals surface area (Å²) in [6, 6.07) is 23.9. The zero-order chi connectivity index (χ0) is 19.9. The van der Waals surface area contributed by atoms with Crippen molar-refractivity contribution >= 4 is 23.2 Å². The summed E-state index contributed by atoms with van der Waals surface area (Å²) in [5.74, 6) is -0.207. The number of nitrogens with one attached hydrogen (secondary N) is 2. The van der Waals surface area contributed by atoms with Gasteiger partial charge in [0.1, 0.15) is 0 Å². The lowest BCUT2D eigenvalue weighted by Gasteiger charge is -2.18. The molecule has 144 valence electrons. The van der Waals surface area contributed by atoms with E-state index in [-0.39, 0.29) is 5.91 Å². The summed E-state index contributed by atoms with van der Waals surface area (Å²) in [6.45, 7) is 5.00. The second-order valence-electron chi connectivity index (χ2n) is 6.89. The van der Waals surface area contributed by atoms with E-state index in [0.717, 1.165) is 24.2 Å². The molecule has 0 saturated heterocycles. The molecule has 28 heavy (non-hydrogen) atoms. The molecule has 0 radical (unpaired) electrons. The summed E-state index contributed by atoms with van der Waals surface area (Å²) in [5.41, 5.74) is 4.89. The van der Waals surface area contributed by atoms with Crippen LogP contribution in [0.1, 0.15) is 46.4 Å². The zero-order valence-corrected chi connectivity index (χ0v) is 17.0. The molecule has 0 aromatic heterocycles. The first kappa shape index (κ1) is 20.1. The molecule has 4 heteroatoms. The maximum atomic E-state index is 12.5. The third-order valence-electron chi connectivity index (χ3n) is 4.74. The number of hydrogen-bond acceptors (Lipinski definition) is 2. The monoisotopic (exact) mass is 392 g/mol. The highest BCUT2D eigenvalue weighted by molar-refractivity contribution is 6.34. The average molecular weight is 393 g/mol. The SMILES string of the molecule is CC[C@H](NCc1cccc(NC(=O)c2ccccc2Cl)c1)c1ccc(C)cc1. The predicted molar refractivity (Wildman–Crippen MR) is 117 cm³/mol. The van der Waals surface area contributed by atoms with E-state index < -0.39 is 0 Å². The van der Waals surface area contributed by atoms with Gasteiger partial charge in [-0.1, -0.05) is 72.6 Å². The first-order valence-corrected chi connectivity index (χ1v) is 9.89. The topological polar surface area (TPSA) is 41.1 Å². The minimum atomic E-state index is -0.207. The van der Waals surface area contributed by atoms with Crippen LogP contribution in [0.2, 0.25) is 5.02 Å². The number of aryl methyl sites for hydroxylation is 1. The second kappa shape index (κ2) is 9.54. The lowest BCUT2D eigenvalue weighted by atomic mass is 10.0. The van der Waals surface area contributed by atoms with Gasteiger partial charge in [0.2, 0.25) is 0 Å². The maximum Gasteiger partial charge on any atom is 0.257 e. The van der Waals surface area contributed by atoms with Crippen LogP contribution in [0.3, 0.4) is 0 Å². The van der Waals surface area contributed by atoms with Crippen LogP contribution in [0, 0.1) is 6.92 Å². The molecular weight excluding hydrogens is 368 g/mol. The number of halogens is 1. The van der Waals surface area contributed by atoms with Gasteiger partial charge in [-0.15, -0.1) is 0 Å². The third-order valence-corrected chi connectivity index (χ3v) is 5.07. The number of hydrogen-bond donors (Lipinski definition) is 2. The van der Waals surface area contributed by atoms with Gasteiger partial charge in [0.25, 0.3) is 5.91 Å². The van der Waals surface area contributed by atoms with Crippen molar-refractivity contribution in [2.24, 2.45) is 0 Å². The Morgan fingerprint density at radius 2 is 1.75 bits per heavy atom. The highest BCUT2D eigenvalue weighted by Crippen LogP contribution is 2.20. The van der Waals surface area contributed by atoms with Crippen LogP contribution in [0.15, 0.2) is 72.8 Å². The number of benzene rings is 3. The molecule has 0 unspecified atom stereocenters. The highest BCUT2D eigenvalue weighted by Gasteiger charge is 2.11. The molecule has 0 aliphatic carbocycles. The quantitative estimate of drug-likeness (QED) is 0.506.